The second kappa shape index (κ2) is 10.2. The third-order valence-corrected chi connectivity index (χ3v) is 6.37. The molecule has 31 heavy (non-hydrogen) atoms. The summed E-state index contributed by atoms with van der Waals surface area (Å²) in [6.07, 6.45) is 0. The third kappa shape index (κ3) is 5.39. The average Bonchev–Trinajstić information content (AvgIpc) is 3.18. The first-order valence-corrected chi connectivity index (χ1v) is 11.4. The van der Waals surface area contributed by atoms with Gasteiger partial charge in [0.2, 0.25) is 11.9 Å². The van der Waals surface area contributed by atoms with E-state index in [-0.39, 0.29) is 11.2 Å². The summed E-state index contributed by atoms with van der Waals surface area (Å²) in [7, 11) is 0. The Bertz CT molecular complexity index is 1020. The predicted molar refractivity (Wildman–Crippen MR) is 124 cm³/mol. The van der Waals surface area contributed by atoms with Crippen LogP contribution in [0.25, 0.3) is 0 Å². The fourth-order valence-corrected chi connectivity index (χ4v) is 4.30. The molecule has 1 saturated heterocycles. The topological polar surface area (TPSA) is 72.3 Å². The zero-order valence-electron chi connectivity index (χ0n) is 17.2. The lowest BCUT2D eigenvalue weighted by molar-refractivity contribution is -0.115. The van der Waals surface area contributed by atoms with Gasteiger partial charge in [0.15, 0.2) is 5.16 Å². The van der Waals surface area contributed by atoms with E-state index in [1.54, 1.807) is 12.1 Å². The lowest BCUT2D eigenvalue weighted by Gasteiger charge is -2.28. The fourth-order valence-electron chi connectivity index (χ4n) is 3.28. The van der Waals surface area contributed by atoms with Gasteiger partial charge in [0.25, 0.3) is 0 Å². The number of nitrogens with zero attached hydrogens (tertiary/aromatic N) is 4. The Morgan fingerprint density at radius 3 is 2.58 bits per heavy atom. The number of halogens is 1. The Hall–Kier alpha value is -2.55. The largest absolute Gasteiger partial charge is 0.378 e. The van der Waals surface area contributed by atoms with Crippen molar-refractivity contribution < 1.29 is 9.53 Å². The zero-order valence-corrected chi connectivity index (χ0v) is 18.8. The van der Waals surface area contributed by atoms with Crippen molar-refractivity contribution in [2.45, 2.75) is 23.9 Å². The summed E-state index contributed by atoms with van der Waals surface area (Å²) in [5.41, 5.74) is 1.74. The number of hydrogen-bond acceptors (Lipinski definition) is 6. The smallest absolute Gasteiger partial charge is 0.237 e. The first-order chi connectivity index (χ1) is 15.1. The number of thioether (sulfide) groups is 1. The van der Waals surface area contributed by atoms with Crippen molar-refractivity contribution in [3.8, 4) is 0 Å². The van der Waals surface area contributed by atoms with E-state index in [0.29, 0.717) is 35.6 Å². The minimum atomic E-state index is -0.382. The van der Waals surface area contributed by atoms with Gasteiger partial charge in [-0.1, -0.05) is 65.8 Å². The highest BCUT2D eigenvalue weighted by atomic mass is 35.5. The van der Waals surface area contributed by atoms with Crippen LogP contribution in [0.2, 0.25) is 5.02 Å². The van der Waals surface area contributed by atoms with E-state index in [0.717, 1.165) is 24.6 Å². The second-order valence-corrected chi connectivity index (χ2v) is 8.90. The van der Waals surface area contributed by atoms with Crippen molar-refractivity contribution >= 4 is 40.9 Å². The molecule has 9 heteroatoms. The summed E-state index contributed by atoms with van der Waals surface area (Å²) < 4.78 is 7.55. The van der Waals surface area contributed by atoms with Crippen molar-refractivity contribution in [2.24, 2.45) is 0 Å². The van der Waals surface area contributed by atoms with Gasteiger partial charge in [0, 0.05) is 13.1 Å². The molecule has 1 amide bonds. The molecular weight excluding hydrogens is 434 g/mol. The van der Waals surface area contributed by atoms with Crippen LogP contribution < -0.4 is 10.2 Å². The van der Waals surface area contributed by atoms with Crippen LogP contribution >= 0.6 is 23.4 Å². The zero-order chi connectivity index (χ0) is 21.6. The molecule has 1 fully saturated rings. The van der Waals surface area contributed by atoms with E-state index >= 15 is 0 Å². The number of anilines is 2. The molecule has 0 spiro atoms. The summed E-state index contributed by atoms with van der Waals surface area (Å²) >= 11 is 7.56. The maximum absolute atomic E-state index is 12.8. The predicted octanol–water partition coefficient (Wildman–Crippen LogP) is 3.94. The Balaban J connectivity index is 1.54. The van der Waals surface area contributed by atoms with Gasteiger partial charge in [-0.3, -0.25) is 9.36 Å². The Labute approximate surface area is 190 Å². The number of nitrogens with one attached hydrogen (secondary N) is 1. The number of rotatable bonds is 7. The summed E-state index contributed by atoms with van der Waals surface area (Å²) in [6.45, 7) is 5.34. The molecule has 1 aliphatic heterocycles. The number of hydrogen-bond donors (Lipinski definition) is 1. The normalized spacial score (nSPS) is 15.0. The fraction of sp³-hybridized carbons (Fsp3) is 0.318. The lowest BCUT2D eigenvalue weighted by atomic mass is 10.2. The minimum absolute atomic E-state index is 0.139. The minimum Gasteiger partial charge on any atom is -0.378 e. The highest BCUT2D eigenvalue weighted by Gasteiger charge is 2.24. The molecular formula is C22H24ClN5O2S. The van der Waals surface area contributed by atoms with E-state index in [1.807, 2.05) is 37.3 Å². The molecule has 0 saturated carbocycles. The summed E-state index contributed by atoms with van der Waals surface area (Å²) in [5, 5.41) is 12.6. The monoisotopic (exact) mass is 457 g/mol. The molecule has 4 rings (SSSR count). The van der Waals surface area contributed by atoms with Crippen molar-refractivity contribution in [3.63, 3.8) is 0 Å². The van der Waals surface area contributed by atoms with E-state index in [2.05, 4.69) is 37.1 Å². The summed E-state index contributed by atoms with van der Waals surface area (Å²) in [4.78, 5) is 15.0. The number of carbonyl (C=O) groups is 1. The standard InChI is InChI=1S/C22H24ClN5O2S/c1-16(20(29)24-19-10-6-5-9-18(19)23)31-22-26-25-21(27-11-13-30-14-12-27)28(22)15-17-7-3-2-4-8-17/h2-10,16H,11-15H2,1H3,(H,24,29). The third-order valence-electron chi connectivity index (χ3n) is 4.96. The highest BCUT2D eigenvalue weighted by Crippen LogP contribution is 2.28. The Morgan fingerprint density at radius 2 is 1.84 bits per heavy atom. The first kappa shape index (κ1) is 21.7. The number of amides is 1. The molecule has 7 nitrogen and oxygen atoms in total. The number of morpholine rings is 1. The first-order valence-electron chi connectivity index (χ1n) is 10.1. The molecule has 0 bridgehead atoms. The van der Waals surface area contributed by atoms with Gasteiger partial charge in [0.1, 0.15) is 0 Å². The van der Waals surface area contributed by atoms with Crippen LogP contribution in [-0.4, -0.2) is 52.2 Å². The van der Waals surface area contributed by atoms with Crippen LogP contribution in [0.4, 0.5) is 11.6 Å². The molecule has 1 N–H and O–H groups in total. The van der Waals surface area contributed by atoms with Crippen molar-refractivity contribution in [1.82, 2.24) is 14.8 Å². The second-order valence-electron chi connectivity index (χ2n) is 7.18. The average molecular weight is 458 g/mol. The van der Waals surface area contributed by atoms with Crippen LogP contribution in [0.5, 0.6) is 0 Å². The highest BCUT2D eigenvalue weighted by molar-refractivity contribution is 8.00. The number of carbonyl (C=O) groups excluding carboxylic acids is 1. The molecule has 0 radical (unpaired) electrons. The molecule has 1 atom stereocenters. The molecule has 162 valence electrons. The SMILES string of the molecule is CC(Sc1nnc(N2CCOCC2)n1Cc1ccccc1)C(=O)Nc1ccccc1Cl. The number of aromatic nitrogens is 3. The molecule has 3 aromatic rings. The molecule has 1 unspecified atom stereocenters. The van der Waals surface area contributed by atoms with Gasteiger partial charge in [-0.2, -0.15) is 0 Å². The molecule has 2 aromatic carbocycles. The quantitative estimate of drug-likeness (QED) is 0.542. The van der Waals surface area contributed by atoms with Crippen LogP contribution in [0.15, 0.2) is 59.8 Å². The van der Waals surface area contributed by atoms with E-state index < -0.39 is 0 Å². The van der Waals surface area contributed by atoms with Crippen molar-refractivity contribution in [1.29, 1.82) is 0 Å². The van der Waals surface area contributed by atoms with Gasteiger partial charge in [-0.05, 0) is 24.6 Å². The van der Waals surface area contributed by atoms with Crippen LogP contribution in [0, 0.1) is 0 Å². The maximum Gasteiger partial charge on any atom is 0.237 e. The van der Waals surface area contributed by atoms with Gasteiger partial charge in [0.05, 0.1) is 35.7 Å². The molecule has 0 aliphatic carbocycles. The van der Waals surface area contributed by atoms with Gasteiger partial charge < -0.3 is 15.0 Å². The number of para-hydroxylation sites is 1. The summed E-state index contributed by atoms with van der Waals surface area (Å²) in [5.74, 6) is 0.661. The van der Waals surface area contributed by atoms with E-state index in [1.165, 1.54) is 11.8 Å². The van der Waals surface area contributed by atoms with E-state index in [9.17, 15) is 4.79 Å². The van der Waals surface area contributed by atoms with Crippen molar-refractivity contribution in [3.05, 3.63) is 65.2 Å². The Morgan fingerprint density at radius 1 is 1.13 bits per heavy atom. The van der Waals surface area contributed by atoms with Crippen LogP contribution in [-0.2, 0) is 16.1 Å². The van der Waals surface area contributed by atoms with Crippen LogP contribution in [0.3, 0.4) is 0 Å². The molecule has 2 heterocycles. The van der Waals surface area contributed by atoms with Gasteiger partial charge >= 0.3 is 0 Å². The number of benzene rings is 2. The van der Waals surface area contributed by atoms with Crippen LogP contribution in [0.1, 0.15) is 12.5 Å². The molecule has 1 aromatic heterocycles. The number of ether oxygens (including phenoxy) is 1. The van der Waals surface area contributed by atoms with Gasteiger partial charge in [-0.15, -0.1) is 10.2 Å². The van der Waals surface area contributed by atoms with E-state index in [4.69, 9.17) is 16.3 Å². The molecule has 1 aliphatic rings. The Kier molecular flexibility index (Phi) is 7.11. The lowest BCUT2D eigenvalue weighted by Crippen LogP contribution is -2.38. The maximum atomic E-state index is 12.8. The summed E-state index contributed by atoms with van der Waals surface area (Å²) in [6, 6.07) is 17.4. The van der Waals surface area contributed by atoms with Gasteiger partial charge in [-0.25, -0.2) is 0 Å². The van der Waals surface area contributed by atoms with Crippen molar-refractivity contribution in [2.75, 3.05) is 36.5 Å².